The van der Waals surface area contributed by atoms with E-state index in [9.17, 15) is 18.7 Å². The SMILES string of the molecule is CCOc1cccc(F)c1CN1CCN(C(=O)[C@H](N)C2CCN(CCc3cc(Cl)ccc3-c3cccc(F)c3O)CC2)CC1. The summed E-state index contributed by atoms with van der Waals surface area (Å²) in [5.74, 6) is -0.632. The molecule has 2 aliphatic heterocycles. The standard InChI is InChI=1S/C34H41ClF2N4O3/c1-2-44-31-8-4-6-29(36)28(31)22-40-17-19-41(20-18-40)34(43)32(38)23-11-14-39(15-12-23)16-13-24-21-25(35)9-10-26(24)27-5-3-7-30(37)33(27)42/h3-10,21,23,32,42H,2,11-20,22,38H2,1H3/t32-/m1/s1. The molecule has 1 amide bonds. The smallest absolute Gasteiger partial charge is 0.239 e. The van der Waals surface area contributed by atoms with E-state index in [0.717, 1.165) is 43.6 Å². The van der Waals surface area contributed by atoms with Gasteiger partial charge < -0.3 is 25.4 Å². The number of carbonyl (C=O) groups is 1. The summed E-state index contributed by atoms with van der Waals surface area (Å²) in [5.41, 5.74) is 9.24. The fourth-order valence-corrected chi connectivity index (χ4v) is 6.52. The number of nitrogens with zero attached hydrogens (tertiary/aromatic N) is 3. The van der Waals surface area contributed by atoms with Crippen molar-refractivity contribution in [2.75, 3.05) is 52.4 Å². The summed E-state index contributed by atoms with van der Waals surface area (Å²) in [7, 11) is 0. The monoisotopic (exact) mass is 626 g/mol. The Morgan fingerprint density at radius 3 is 2.41 bits per heavy atom. The zero-order valence-electron chi connectivity index (χ0n) is 25.2. The Bertz CT molecular complexity index is 1440. The van der Waals surface area contributed by atoms with Crippen LogP contribution < -0.4 is 10.5 Å². The highest BCUT2D eigenvalue weighted by Gasteiger charge is 2.33. The van der Waals surface area contributed by atoms with Crippen molar-refractivity contribution in [2.24, 2.45) is 11.7 Å². The first-order chi connectivity index (χ1) is 21.2. The maximum absolute atomic E-state index is 14.5. The molecule has 0 unspecified atom stereocenters. The van der Waals surface area contributed by atoms with Crippen LogP contribution >= 0.6 is 11.6 Å². The minimum Gasteiger partial charge on any atom is -0.504 e. The van der Waals surface area contributed by atoms with Crippen LogP contribution in [0.4, 0.5) is 8.78 Å². The van der Waals surface area contributed by atoms with E-state index in [-0.39, 0.29) is 23.4 Å². The Balaban J connectivity index is 1.10. The normalized spacial score (nSPS) is 17.5. The van der Waals surface area contributed by atoms with Gasteiger partial charge in [-0.2, -0.15) is 0 Å². The zero-order valence-corrected chi connectivity index (χ0v) is 25.9. The van der Waals surface area contributed by atoms with Crippen LogP contribution in [0.15, 0.2) is 54.6 Å². The van der Waals surface area contributed by atoms with Crippen molar-refractivity contribution in [1.82, 2.24) is 14.7 Å². The summed E-state index contributed by atoms with van der Waals surface area (Å²) in [6, 6.07) is 14.3. The number of aromatic hydroxyl groups is 1. The lowest BCUT2D eigenvalue weighted by Gasteiger charge is -2.39. The first-order valence-corrected chi connectivity index (χ1v) is 15.8. The van der Waals surface area contributed by atoms with Gasteiger partial charge in [-0.3, -0.25) is 9.69 Å². The summed E-state index contributed by atoms with van der Waals surface area (Å²) < 4.78 is 34.2. The molecule has 3 N–H and O–H groups in total. The van der Waals surface area contributed by atoms with Crippen LogP contribution in [0.2, 0.25) is 5.02 Å². The van der Waals surface area contributed by atoms with E-state index in [1.165, 1.54) is 12.1 Å². The Morgan fingerprint density at radius 2 is 1.68 bits per heavy atom. The number of ether oxygens (including phenoxy) is 1. The van der Waals surface area contributed by atoms with Crippen molar-refractivity contribution >= 4 is 17.5 Å². The highest BCUT2D eigenvalue weighted by atomic mass is 35.5. The molecule has 10 heteroatoms. The van der Waals surface area contributed by atoms with Crippen LogP contribution in [0.3, 0.4) is 0 Å². The number of hydrogen-bond acceptors (Lipinski definition) is 6. The molecule has 0 aromatic heterocycles. The number of halogens is 3. The third kappa shape index (κ3) is 7.51. The summed E-state index contributed by atoms with van der Waals surface area (Å²) in [6.07, 6.45) is 2.34. The van der Waals surface area contributed by atoms with Crippen molar-refractivity contribution in [2.45, 2.75) is 38.8 Å². The van der Waals surface area contributed by atoms with Gasteiger partial charge in [0.15, 0.2) is 11.6 Å². The Kier molecular flexibility index (Phi) is 10.7. The van der Waals surface area contributed by atoms with Gasteiger partial charge in [0.2, 0.25) is 5.91 Å². The lowest BCUT2D eigenvalue weighted by Crippen LogP contribution is -2.55. The number of phenols is 1. The second-order valence-electron chi connectivity index (χ2n) is 11.6. The Morgan fingerprint density at radius 1 is 0.977 bits per heavy atom. The zero-order chi connectivity index (χ0) is 31.2. The average molecular weight is 627 g/mol. The predicted molar refractivity (Wildman–Crippen MR) is 169 cm³/mol. The van der Waals surface area contributed by atoms with E-state index in [4.69, 9.17) is 22.1 Å². The molecule has 0 aliphatic carbocycles. The van der Waals surface area contributed by atoms with Crippen molar-refractivity contribution in [3.8, 4) is 22.6 Å². The minimum atomic E-state index is -0.656. The number of likely N-dealkylation sites (tertiary alicyclic amines) is 1. The number of piperazine rings is 1. The van der Waals surface area contributed by atoms with Gasteiger partial charge in [-0.15, -0.1) is 0 Å². The molecule has 2 heterocycles. The van der Waals surface area contributed by atoms with Crippen LogP contribution in [0.1, 0.15) is 30.9 Å². The first-order valence-electron chi connectivity index (χ1n) is 15.4. The first kappa shape index (κ1) is 32.2. The molecule has 7 nitrogen and oxygen atoms in total. The number of para-hydroxylation sites is 1. The average Bonchev–Trinajstić information content (AvgIpc) is 3.03. The third-order valence-corrected chi connectivity index (χ3v) is 9.14. The maximum atomic E-state index is 14.5. The lowest BCUT2D eigenvalue weighted by atomic mass is 9.88. The van der Waals surface area contributed by atoms with Gasteiger partial charge in [-0.05, 0) is 86.7 Å². The van der Waals surface area contributed by atoms with Crippen LogP contribution in [0.5, 0.6) is 11.5 Å². The van der Waals surface area contributed by atoms with Crippen molar-refractivity contribution in [3.63, 3.8) is 0 Å². The summed E-state index contributed by atoms with van der Waals surface area (Å²) in [6.45, 7) is 7.64. The molecule has 5 rings (SSSR count). The molecule has 44 heavy (non-hydrogen) atoms. The largest absolute Gasteiger partial charge is 0.504 e. The highest BCUT2D eigenvalue weighted by Crippen LogP contribution is 2.35. The molecule has 1 atom stereocenters. The Hall–Kier alpha value is -3.24. The molecule has 3 aromatic carbocycles. The number of piperidine rings is 1. The van der Waals surface area contributed by atoms with Gasteiger partial charge in [-0.25, -0.2) is 8.78 Å². The molecule has 0 radical (unpaired) electrons. The molecule has 2 saturated heterocycles. The second-order valence-corrected chi connectivity index (χ2v) is 12.1. The van der Waals surface area contributed by atoms with Gasteiger partial charge in [0.05, 0.1) is 12.6 Å². The number of benzene rings is 3. The molecule has 0 bridgehead atoms. The van der Waals surface area contributed by atoms with Gasteiger partial charge in [-0.1, -0.05) is 35.9 Å². The fourth-order valence-electron chi connectivity index (χ4n) is 6.32. The van der Waals surface area contributed by atoms with Gasteiger partial charge in [0.25, 0.3) is 0 Å². The number of hydrogen-bond donors (Lipinski definition) is 2. The highest BCUT2D eigenvalue weighted by molar-refractivity contribution is 6.30. The second kappa shape index (κ2) is 14.7. The molecule has 2 fully saturated rings. The number of amides is 1. The van der Waals surface area contributed by atoms with Crippen molar-refractivity contribution < 1.29 is 23.4 Å². The van der Waals surface area contributed by atoms with E-state index in [2.05, 4.69) is 9.80 Å². The number of rotatable bonds is 10. The van der Waals surface area contributed by atoms with Crippen LogP contribution in [-0.4, -0.2) is 84.2 Å². The van der Waals surface area contributed by atoms with E-state index in [1.54, 1.807) is 30.3 Å². The molecule has 0 saturated carbocycles. The molecule has 3 aromatic rings. The van der Waals surface area contributed by atoms with Crippen LogP contribution in [0, 0.1) is 17.6 Å². The number of carbonyl (C=O) groups excluding carboxylic acids is 1. The van der Waals surface area contributed by atoms with Crippen molar-refractivity contribution in [1.29, 1.82) is 0 Å². The lowest BCUT2D eigenvalue weighted by molar-refractivity contribution is -0.136. The van der Waals surface area contributed by atoms with Gasteiger partial charge in [0.1, 0.15) is 11.6 Å². The minimum absolute atomic E-state index is 0.0116. The molecule has 236 valence electrons. The number of phenolic OH excluding ortho intramolecular Hbond substituents is 1. The summed E-state index contributed by atoms with van der Waals surface area (Å²) in [5, 5.41) is 10.9. The van der Waals surface area contributed by atoms with E-state index < -0.39 is 11.9 Å². The summed E-state index contributed by atoms with van der Waals surface area (Å²) >= 11 is 6.29. The fraction of sp³-hybridized carbons (Fsp3) is 0.441. The maximum Gasteiger partial charge on any atom is 0.239 e. The van der Waals surface area contributed by atoms with E-state index in [0.29, 0.717) is 67.7 Å². The third-order valence-electron chi connectivity index (χ3n) is 8.91. The van der Waals surface area contributed by atoms with Crippen LogP contribution in [-0.2, 0) is 17.8 Å². The van der Waals surface area contributed by atoms with Crippen LogP contribution in [0.25, 0.3) is 11.1 Å². The molecular formula is C34H41ClF2N4O3. The molecule has 0 spiro atoms. The Labute approximate surface area is 263 Å². The quantitative estimate of drug-likeness (QED) is 0.317. The van der Waals surface area contributed by atoms with Gasteiger partial charge >= 0.3 is 0 Å². The van der Waals surface area contributed by atoms with E-state index in [1.807, 2.05) is 24.0 Å². The van der Waals surface area contributed by atoms with Gasteiger partial charge in [0, 0.05) is 55.4 Å². The molecular weight excluding hydrogens is 586 g/mol. The molecule has 2 aliphatic rings. The van der Waals surface area contributed by atoms with E-state index >= 15 is 0 Å². The number of nitrogens with two attached hydrogens (primary N) is 1. The topological polar surface area (TPSA) is 82.3 Å². The summed E-state index contributed by atoms with van der Waals surface area (Å²) in [4.78, 5) is 19.7. The predicted octanol–water partition coefficient (Wildman–Crippen LogP) is 5.32. The van der Waals surface area contributed by atoms with Crippen molar-refractivity contribution in [3.05, 3.63) is 82.4 Å².